The molecule has 0 saturated carbocycles. The predicted octanol–water partition coefficient (Wildman–Crippen LogP) is 5.18. The van der Waals surface area contributed by atoms with Crippen molar-refractivity contribution in [2.45, 2.75) is 27.2 Å². The first-order valence-electron chi connectivity index (χ1n) is 8.68. The van der Waals surface area contributed by atoms with Gasteiger partial charge in [-0.2, -0.15) is 0 Å². The van der Waals surface area contributed by atoms with E-state index in [0.29, 0.717) is 16.6 Å². The summed E-state index contributed by atoms with van der Waals surface area (Å²) in [6.07, 6.45) is 0.937. The van der Waals surface area contributed by atoms with Crippen LogP contribution in [0.5, 0.6) is 0 Å². The Balaban J connectivity index is 1.86. The maximum absolute atomic E-state index is 11.8. The highest BCUT2D eigenvalue weighted by Crippen LogP contribution is 2.30. The van der Waals surface area contributed by atoms with Crippen molar-refractivity contribution < 1.29 is 9.21 Å². The van der Waals surface area contributed by atoms with E-state index in [1.54, 1.807) is 26.0 Å². The number of hydrogen-bond donors (Lipinski definition) is 2. The smallest absolute Gasteiger partial charge is 0.228 e. The molecule has 0 atom stereocenters. The van der Waals surface area contributed by atoms with Gasteiger partial charge >= 0.3 is 0 Å². The van der Waals surface area contributed by atoms with Crippen molar-refractivity contribution in [3.63, 3.8) is 0 Å². The third-order valence-electron chi connectivity index (χ3n) is 4.08. The van der Waals surface area contributed by atoms with E-state index in [2.05, 4.69) is 22.5 Å². The minimum atomic E-state index is -0.167. The fraction of sp³-hybridized carbons (Fsp3) is 0.250. The summed E-state index contributed by atoms with van der Waals surface area (Å²) in [6, 6.07) is 11.3. The summed E-state index contributed by atoms with van der Waals surface area (Å²) >= 11 is 11.4. The average Bonchev–Trinajstić information content (AvgIpc) is 3.06. The summed E-state index contributed by atoms with van der Waals surface area (Å²) < 4.78 is 5.86. The Morgan fingerprint density at radius 2 is 2.04 bits per heavy atom. The van der Waals surface area contributed by atoms with Crippen molar-refractivity contribution in [3.8, 4) is 11.5 Å². The molecule has 140 valence electrons. The number of aryl methyl sites for hydroxylation is 1. The summed E-state index contributed by atoms with van der Waals surface area (Å²) in [5.74, 6) is 0.167. The largest absolute Gasteiger partial charge is 0.436 e. The zero-order chi connectivity index (χ0) is 19.6. The van der Waals surface area contributed by atoms with Crippen LogP contribution in [-0.4, -0.2) is 16.0 Å². The fourth-order valence-electron chi connectivity index (χ4n) is 2.48. The van der Waals surface area contributed by atoms with Crippen LogP contribution < -0.4 is 10.6 Å². The summed E-state index contributed by atoms with van der Waals surface area (Å²) in [5.41, 5.74) is 4.07. The Kier molecular flexibility index (Phi) is 5.77. The van der Waals surface area contributed by atoms with Crippen LogP contribution in [0.3, 0.4) is 0 Å². The molecule has 1 heterocycles. The highest BCUT2D eigenvalue weighted by molar-refractivity contribution is 7.80. The van der Waals surface area contributed by atoms with Crippen LogP contribution in [0.4, 0.5) is 5.69 Å². The molecule has 0 fully saturated rings. The van der Waals surface area contributed by atoms with Crippen LogP contribution in [0, 0.1) is 5.92 Å². The molecule has 2 N–H and O–H groups in total. The van der Waals surface area contributed by atoms with Crippen LogP contribution in [0.25, 0.3) is 22.6 Å². The molecule has 1 amide bonds. The van der Waals surface area contributed by atoms with Crippen molar-refractivity contribution in [3.05, 3.63) is 47.0 Å². The van der Waals surface area contributed by atoms with Crippen molar-refractivity contribution >= 4 is 51.6 Å². The van der Waals surface area contributed by atoms with E-state index in [4.69, 9.17) is 28.2 Å². The molecule has 2 aromatic carbocycles. The molecule has 3 rings (SSSR count). The highest BCUT2D eigenvalue weighted by atomic mass is 35.5. The van der Waals surface area contributed by atoms with Crippen molar-refractivity contribution in [1.29, 1.82) is 0 Å². The molecular formula is C20H20ClN3O2S. The molecule has 0 radical (unpaired) electrons. The van der Waals surface area contributed by atoms with Gasteiger partial charge in [-0.1, -0.05) is 38.4 Å². The predicted molar refractivity (Wildman–Crippen MR) is 113 cm³/mol. The maximum atomic E-state index is 11.8. The number of rotatable bonds is 4. The zero-order valence-corrected chi connectivity index (χ0v) is 16.9. The van der Waals surface area contributed by atoms with Crippen molar-refractivity contribution in [1.82, 2.24) is 10.3 Å². The van der Waals surface area contributed by atoms with Gasteiger partial charge in [0.1, 0.15) is 5.52 Å². The number of amides is 1. The van der Waals surface area contributed by atoms with E-state index < -0.39 is 0 Å². The third-order valence-corrected chi connectivity index (χ3v) is 4.62. The van der Waals surface area contributed by atoms with Gasteiger partial charge < -0.3 is 15.1 Å². The SMILES string of the molecule is CCc1ccc2oc(-c3ccc(Cl)c(NC(=S)NC(=O)C(C)C)c3)nc2c1. The molecule has 3 aromatic rings. The number of hydrogen-bond acceptors (Lipinski definition) is 4. The van der Waals surface area contributed by atoms with E-state index in [1.165, 1.54) is 5.56 Å². The minimum absolute atomic E-state index is 0.162. The number of benzene rings is 2. The van der Waals surface area contributed by atoms with E-state index in [0.717, 1.165) is 23.1 Å². The molecule has 1 aromatic heterocycles. The van der Waals surface area contributed by atoms with Crippen LogP contribution in [0.15, 0.2) is 40.8 Å². The lowest BCUT2D eigenvalue weighted by Gasteiger charge is -2.12. The van der Waals surface area contributed by atoms with Gasteiger partial charge in [-0.3, -0.25) is 4.79 Å². The summed E-state index contributed by atoms with van der Waals surface area (Å²) in [5, 5.41) is 6.26. The van der Waals surface area contributed by atoms with E-state index in [9.17, 15) is 4.79 Å². The number of anilines is 1. The second-order valence-corrected chi connectivity index (χ2v) is 7.28. The number of carbonyl (C=O) groups is 1. The average molecular weight is 402 g/mol. The molecular weight excluding hydrogens is 382 g/mol. The monoisotopic (exact) mass is 401 g/mol. The molecule has 5 nitrogen and oxygen atoms in total. The fourth-order valence-corrected chi connectivity index (χ4v) is 2.86. The molecule has 0 aliphatic rings. The van der Waals surface area contributed by atoms with E-state index in [-0.39, 0.29) is 16.9 Å². The Hall–Kier alpha value is -2.44. The number of oxazole rings is 1. The van der Waals surface area contributed by atoms with Crippen molar-refractivity contribution in [2.24, 2.45) is 5.92 Å². The normalized spacial score (nSPS) is 11.0. The Morgan fingerprint density at radius 1 is 1.26 bits per heavy atom. The number of carbonyl (C=O) groups excluding carboxylic acids is 1. The molecule has 0 saturated heterocycles. The van der Waals surface area contributed by atoms with Gasteiger partial charge in [-0.15, -0.1) is 0 Å². The number of fused-ring (bicyclic) bond motifs is 1. The minimum Gasteiger partial charge on any atom is -0.436 e. The molecule has 0 spiro atoms. The van der Waals surface area contributed by atoms with Gasteiger partial charge in [0.05, 0.1) is 10.7 Å². The van der Waals surface area contributed by atoms with Crippen LogP contribution >= 0.6 is 23.8 Å². The van der Waals surface area contributed by atoms with Crippen LogP contribution in [0.1, 0.15) is 26.3 Å². The topological polar surface area (TPSA) is 67.2 Å². The molecule has 0 aliphatic heterocycles. The van der Waals surface area contributed by atoms with Gasteiger partial charge in [-0.05, 0) is 54.5 Å². The summed E-state index contributed by atoms with van der Waals surface area (Å²) in [4.78, 5) is 16.3. The number of thiocarbonyl (C=S) groups is 1. The van der Waals surface area contributed by atoms with Gasteiger partial charge in [0.25, 0.3) is 0 Å². The maximum Gasteiger partial charge on any atom is 0.228 e. The number of aromatic nitrogens is 1. The Bertz CT molecular complexity index is 1010. The lowest BCUT2D eigenvalue weighted by atomic mass is 10.1. The molecule has 0 bridgehead atoms. The Morgan fingerprint density at radius 3 is 2.74 bits per heavy atom. The standard InChI is InChI=1S/C20H20ClN3O2S/c1-4-12-5-8-17-16(9-12)22-19(26-17)13-6-7-14(21)15(10-13)23-20(27)24-18(25)11(2)3/h5-11H,4H2,1-3H3,(H2,23,24,25,27). The number of nitrogens with one attached hydrogen (secondary N) is 2. The quantitative estimate of drug-likeness (QED) is 0.589. The third kappa shape index (κ3) is 4.46. The van der Waals surface area contributed by atoms with Crippen LogP contribution in [0.2, 0.25) is 5.02 Å². The van der Waals surface area contributed by atoms with E-state index >= 15 is 0 Å². The summed E-state index contributed by atoms with van der Waals surface area (Å²) in [6.45, 7) is 5.69. The molecule has 0 aliphatic carbocycles. The van der Waals surface area contributed by atoms with Crippen molar-refractivity contribution in [2.75, 3.05) is 5.32 Å². The molecule has 0 unspecified atom stereocenters. The highest BCUT2D eigenvalue weighted by Gasteiger charge is 2.13. The second kappa shape index (κ2) is 8.06. The van der Waals surface area contributed by atoms with Gasteiger partial charge in [0.15, 0.2) is 10.7 Å². The van der Waals surface area contributed by atoms with Crippen LogP contribution in [-0.2, 0) is 11.2 Å². The lowest BCUT2D eigenvalue weighted by molar-refractivity contribution is -0.122. The second-order valence-electron chi connectivity index (χ2n) is 6.47. The van der Waals surface area contributed by atoms with Gasteiger partial charge in [-0.25, -0.2) is 4.98 Å². The van der Waals surface area contributed by atoms with Gasteiger partial charge in [0, 0.05) is 11.5 Å². The Labute approximate surface area is 168 Å². The van der Waals surface area contributed by atoms with E-state index in [1.807, 2.05) is 24.3 Å². The zero-order valence-electron chi connectivity index (χ0n) is 15.3. The lowest BCUT2D eigenvalue weighted by Crippen LogP contribution is -2.36. The first kappa shape index (κ1) is 19.3. The number of halogens is 1. The first-order chi connectivity index (χ1) is 12.9. The summed E-state index contributed by atoms with van der Waals surface area (Å²) in [7, 11) is 0. The van der Waals surface area contributed by atoms with Gasteiger partial charge in [0.2, 0.25) is 11.8 Å². The molecule has 7 heteroatoms. The number of nitrogens with zero attached hydrogens (tertiary/aromatic N) is 1. The first-order valence-corrected chi connectivity index (χ1v) is 9.47. The molecule has 27 heavy (non-hydrogen) atoms.